The van der Waals surface area contributed by atoms with Crippen molar-refractivity contribution in [1.29, 1.82) is 0 Å². The topological polar surface area (TPSA) is 72.9 Å². The minimum Gasteiger partial charge on any atom is -0.398 e. The SMILES string of the molecule is Nc1cccc2c1c(=O)nc1n2-c2cc(C3CCNCC3)ccc2C12CCCCC2. The second-order valence-electron chi connectivity index (χ2n) is 9.26. The molecule has 0 atom stereocenters. The van der Waals surface area contributed by atoms with Gasteiger partial charge in [0.05, 0.1) is 22.0 Å². The van der Waals surface area contributed by atoms with E-state index in [1.54, 1.807) is 6.07 Å². The van der Waals surface area contributed by atoms with E-state index < -0.39 is 0 Å². The first-order chi connectivity index (χ1) is 14.7. The lowest BCUT2D eigenvalue weighted by Crippen LogP contribution is -2.32. The Bertz CT molecular complexity index is 1200. The van der Waals surface area contributed by atoms with Gasteiger partial charge in [-0.25, -0.2) is 0 Å². The lowest BCUT2D eigenvalue weighted by atomic mass is 9.69. The molecule has 5 nitrogen and oxygen atoms in total. The van der Waals surface area contributed by atoms with Gasteiger partial charge in [-0.3, -0.25) is 9.36 Å². The van der Waals surface area contributed by atoms with E-state index in [0.29, 0.717) is 17.0 Å². The maximum absolute atomic E-state index is 13.0. The van der Waals surface area contributed by atoms with Gasteiger partial charge >= 0.3 is 0 Å². The Morgan fingerprint density at radius 1 is 1.07 bits per heavy atom. The number of hydrogen-bond acceptors (Lipinski definition) is 4. The first-order valence-corrected chi connectivity index (χ1v) is 11.4. The van der Waals surface area contributed by atoms with Gasteiger partial charge in [0.1, 0.15) is 5.82 Å². The predicted molar refractivity (Wildman–Crippen MR) is 120 cm³/mol. The maximum atomic E-state index is 13.0. The molecule has 5 heteroatoms. The van der Waals surface area contributed by atoms with E-state index in [1.807, 2.05) is 12.1 Å². The summed E-state index contributed by atoms with van der Waals surface area (Å²) in [6.07, 6.45) is 8.09. The summed E-state index contributed by atoms with van der Waals surface area (Å²) >= 11 is 0. The Morgan fingerprint density at radius 3 is 2.67 bits per heavy atom. The van der Waals surface area contributed by atoms with Crippen LogP contribution in [0.1, 0.15) is 67.8 Å². The first-order valence-electron chi connectivity index (χ1n) is 11.4. The van der Waals surface area contributed by atoms with Crippen molar-refractivity contribution in [1.82, 2.24) is 14.9 Å². The van der Waals surface area contributed by atoms with Crippen LogP contribution in [0.2, 0.25) is 0 Å². The van der Waals surface area contributed by atoms with E-state index in [4.69, 9.17) is 10.7 Å². The highest BCUT2D eigenvalue weighted by molar-refractivity contribution is 5.91. The van der Waals surface area contributed by atoms with E-state index in [9.17, 15) is 4.79 Å². The van der Waals surface area contributed by atoms with E-state index in [0.717, 1.165) is 37.3 Å². The van der Waals surface area contributed by atoms with Crippen molar-refractivity contribution in [2.24, 2.45) is 0 Å². The normalized spacial score (nSPS) is 20.4. The fraction of sp³-hybridized carbons (Fsp3) is 0.440. The van der Waals surface area contributed by atoms with E-state index in [-0.39, 0.29) is 11.0 Å². The van der Waals surface area contributed by atoms with Crippen LogP contribution in [0.3, 0.4) is 0 Å². The number of nitrogen functional groups attached to an aromatic ring is 1. The van der Waals surface area contributed by atoms with Crippen LogP contribution >= 0.6 is 0 Å². The number of nitrogens with one attached hydrogen (secondary N) is 1. The van der Waals surface area contributed by atoms with Crippen molar-refractivity contribution in [2.75, 3.05) is 18.8 Å². The molecule has 1 saturated carbocycles. The molecular weight excluding hydrogens is 372 g/mol. The Labute approximate surface area is 176 Å². The van der Waals surface area contributed by atoms with Gasteiger partial charge in [-0.2, -0.15) is 4.98 Å². The molecule has 0 bridgehead atoms. The Morgan fingerprint density at radius 2 is 1.87 bits per heavy atom. The van der Waals surface area contributed by atoms with Gasteiger partial charge in [0.2, 0.25) is 0 Å². The van der Waals surface area contributed by atoms with Gasteiger partial charge < -0.3 is 11.1 Å². The maximum Gasteiger partial charge on any atom is 0.282 e. The summed E-state index contributed by atoms with van der Waals surface area (Å²) in [5, 5.41) is 4.02. The number of aromatic nitrogens is 2. The third kappa shape index (κ3) is 2.45. The van der Waals surface area contributed by atoms with Crippen LogP contribution in [-0.2, 0) is 5.41 Å². The summed E-state index contributed by atoms with van der Waals surface area (Å²) in [4.78, 5) is 17.7. The van der Waals surface area contributed by atoms with Crippen LogP contribution in [0.15, 0.2) is 41.2 Å². The molecule has 0 radical (unpaired) electrons. The number of hydrogen-bond donors (Lipinski definition) is 2. The molecule has 1 saturated heterocycles. The molecule has 3 aromatic rings. The van der Waals surface area contributed by atoms with Crippen LogP contribution in [0.4, 0.5) is 5.69 Å². The minimum absolute atomic E-state index is 0.141. The molecule has 0 amide bonds. The molecule has 2 fully saturated rings. The average molecular weight is 401 g/mol. The highest BCUT2D eigenvalue weighted by atomic mass is 16.1. The lowest BCUT2D eigenvalue weighted by molar-refractivity contribution is 0.338. The van der Waals surface area contributed by atoms with Gasteiger partial charge in [0.15, 0.2) is 0 Å². The van der Waals surface area contributed by atoms with E-state index in [1.165, 1.54) is 48.9 Å². The highest BCUT2D eigenvalue weighted by Crippen LogP contribution is 2.52. The molecule has 3 N–H and O–H groups in total. The van der Waals surface area contributed by atoms with Crippen molar-refractivity contribution in [3.8, 4) is 5.69 Å². The number of fused-ring (bicyclic) bond motifs is 7. The number of anilines is 1. The number of benzene rings is 2. The van der Waals surface area contributed by atoms with Crippen molar-refractivity contribution >= 4 is 16.6 Å². The minimum atomic E-state index is -0.189. The molecule has 6 rings (SSSR count). The standard InChI is InChI=1S/C25H28N4O/c26-19-5-4-6-20-22(19)23(30)28-24-25(11-2-1-3-12-25)18-8-7-17(15-21(18)29(20)24)16-9-13-27-14-10-16/h4-8,15-16,27H,1-3,9-14,26H2. The molecule has 1 aliphatic carbocycles. The van der Waals surface area contributed by atoms with Gasteiger partial charge in [-0.1, -0.05) is 37.5 Å². The van der Waals surface area contributed by atoms with Crippen LogP contribution in [-0.4, -0.2) is 22.6 Å². The fourth-order valence-corrected chi connectivity index (χ4v) is 6.17. The summed E-state index contributed by atoms with van der Waals surface area (Å²) in [6, 6.07) is 12.8. The molecule has 3 heterocycles. The fourth-order valence-electron chi connectivity index (χ4n) is 6.17. The zero-order chi connectivity index (χ0) is 20.3. The lowest BCUT2D eigenvalue weighted by Gasteiger charge is -2.33. The average Bonchev–Trinajstić information content (AvgIpc) is 3.04. The number of piperidine rings is 1. The molecule has 1 spiro atoms. The monoisotopic (exact) mass is 400 g/mol. The molecular formula is C25H28N4O. The Kier molecular flexibility index (Phi) is 4.03. The van der Waals surface area contributed by atoms with Crippen molar-refractivity contribution in [3.05, 3.63) is 63.7 Å². The van der Waals surface area contributed by atoms with Crippen LogP contribution in [0.5, 0.6) is 0 Å². The highest BCUT2D eigenvalue weighted by Gasteiger charge is 2.46. The molecule has 0 unspecified atom stereocenters. The number of nitrogens with zero attached hydrogens (tertiary/aromatic N) is 2. The summed E-state index contributed by atoms with van der Waals surface area (Å²) in [5.41, 5.74) is 11.3. The smallest absolute Gasteiger partial charge is 0.282 e. The Balaban J connectivity index is 1.65. The molecule has 2 aromatic carbocycles. The van der Waals surface area contributed by atoms with Gasteiger partial charge in [0, 0.05) is 5.69 Å². The zero-order valence-corrected chi connectivity index (χ0v) is 17.3. The second-order valence-corrected chi connectivity index (χ2v) is 9.26. The van der Waals surface area contributed by atoms with E-state index in [2.05, 4.69) is 28.1 Å². The van der Waals surface area contributed by atoms with Crippen molar-refractivity contribution in [2.45, 2.75) is 56.3 Å². The predicted octanol–water partition coefficient (Wildman–Crippen LogP) is 4.00. The summed E-state index contributed by atoms with van der Waals surface area (Å²) in [6.45, 7) is 2.16. The van der Waals surface area contributed by atoms with Crippen LogP contribution in [0, 0.1) is 0 Å². The number of rotatable bonds is 1. The van der Waals surface area contributed by atoms with Gasteiger partial charge in [-0.05, 0) is 74.0 Å². The van der Waals surface area contributed by atoms with Crippen molar-refractivity contribution in [3.63, 3.8) is 0 Å². The number of nitrogens with two attached hydrogens (primary N) is 1. The molecule has 154 valence electrons. The quantitative estimate of drug-likeness (QED) is 0.606. The molecule has 2 aliphatic heterocycles. The summed E-state index contributed by atoms with van der Waals surface area (Å²) < 4.78 is 2.26. The molecule has 1 aromatic heterocycles. The summed E-state index contributed by atoms with van der Waals surface area (Å²) in [7, 11) is 0. The Hall–Kier alpha value is -2.66. The van der Waals surface area contributed by atoms with Gasteiger partial charge in [0.25, 0.3) is 5.56 Å². The van der Waals surface area contributed by atoms with E-state index >= 15 is 0 Å². The third-order valence-corrected chi connectivity index (χ3v) is 7.67. The molecule has 3 aliphatic rings. The zero-order valence-electron chi connectivity index (χ0n) is 17.3. The third-order valence-electron chi connectivity index (χ3n) is 7.67. The largest absolute Gasteiger partial charge is 0.398 e. The summed E-state index contributed by atoms with van der Waals surface area (Å²) in [5.74, 6) is 1.52. The van der Waals surface area contributed by atoms with Crippen LogP contribution in [0.25, 0.3) is 16.6 Å². The molecule has 30 heavy (non-hydrogen) atoms. The van der Waals surface area contributed by atoms with Gasteiger partial charge in [-0.15, -0.1) is 0 Å². The first kappa shape index (κ1) is 18.1. The second kappa shape index (κ2) is 6.67. The van der Waals surface area contributed by atoms with Crippen LogP contribution < -0.4 is 16.6 Å². The van der Waals surface area contributed by atoms with Crippen molar-refractivity contribution < 1.29 is 0 Å².